The van der Waals surface area contributed by atoms with Crippen LogP contribution in [0.15, 0.2) is 22.7 Å². The molecule has 0 radical (unpaired) electrons. The van der Waals surface area contributed by atoms with E-state index in [2.05, 4.69) is 45.7 Å². The highest BCUT2D eigenvalue weighted by Crippen LogP contribution is 2.24. The molecule has 0 saturated heterocycles. The van der Waals surface area contributed by atoms with E-state index in [4.69, 9.17) is 4.74 Å². The third kappa shape index (κ3) is 4.06. The molecule has 0 amide bonds. The van der Waals surface area contributed by atoms with E-state index in [0.717, 1.165) is 9.80 Å². The molecule has 1 rings (SSSR count). The summed E-state index contributed by atoms with van der Waals surface area (Å²) in [6.07, 6.45) is 0. The van der Waals surface area contributed by atoms with Gasteiger partial charge < -0.3 is 4.74 Å². The Morgan fingerprint density at radius 1 is 1.38 bits per heavy atom. The topological polar surface area (TPSA) is 9.23 Å². The first-order valence-electron chi connectivity index (χ1n) is 5.18. The first-order chi connectivity index (χ1) is 7.54. The summed E-state index contributed by atoms with van der Waals surface area (Å²) in [5.74, 6) is 0.884. The van der Waals surface area contributed by atoms with Crippen LogP contribution in [0.5, 0.6) is 5.75 Å². The zero-order valence-electron chi connectivity index (χ0n) is 9.34. The minimum Gasteiger partial charge on any atom is -0.490 e. The van der Waals surface area contributed by atoms with Crippen molar-refractivity contribution in [1.82, 2.24) is 0 Å². The van der Waals surface area contributed by atoms with Gasteiger partial charge in [0.1, 0.15) is 0 Å². The third-order valence-electron chi connectivity index (χ3n) is 2.49. The van der Waals surface area contributed by atoms with Gasteiger partial charge in [-0.05, 0) is 24.1 Å². The van der Waals surface area contributed by atoms with Crippen LogP contribution >= 0.6 is 31.9 Å². The van der Waals surface area contributed by atoms with Gasteiger partial charge >= 0.3 is 0 Å². The zero-order chi connectivity index (χ0) is 12.1. The van der Waals surface area contributed by atoms with E-state index in [0.29, 0.717) is 24.2 Å². The Morgan fingerprint density at radius 2 is 2.06 bits per heavy atom. The van der Waals surface area contributed by atoms with E-state index in [-0.39, 0.29) is 5.82 Å². The number of rotatable bonds is 5. The van der Waals surface area contributed by atoms with Crippen molar-refractivity contribution < 1.29 is 9.13 Å². The number of hydrogen-bond donors (Lipinski definition) is 0. The molecule has 0 aliphatic heterocycles. The molecule has 0 aliphatic carbocycles. The molecule has 0 heterocycles. The summed E-state index contributed by atoms with van der Waals surface area (Å²) in [6, 6.07) is 4.71. The lowest BCUT2D eigenvalue weighted by Crippen LogP contribution is -2.19. The third-order valence-corrected chi connectivity index (χ3v) is 3.81. The molecule has 0 N–H and O–H groups in total. The van der Waals surface area contributed by atoms with Crippen LogP contribution in [-0.4, -0.2) is 11.9 Å². The van der Waals surface area contributed by atoms with E-state index in [1.54, 1.807) is 12.1 Å². The average molecular weight is 354 g/mol. The van der Waals surface area contributed by atoms with Gasteiger partial charge in [-0.2, -0.15) is 0 Å². The lowest BCUT2D eigenvalue weighted by atomic mass is 9.99. The molecule has 0 aliphatic rings. The zero-order valence-corrected chi connectivity index (χ0v) is 12.5. The van der Waals surface area contributed by atoms with Gasteiger partial charge in [0.15, 0.2) is 11.6 Å². The van der Waals surface area contributed by atoms with Crippen LogP contribution in [0.3, 0.4) is 0 Å². The molecule has 1 aromatic rings. The fourth-order valence-corrected chi connectivity index (χ4v) is 2.47. The highest BCUT2D eigenvalue weighted by Gasteiger charge is 2.14. The smallest absolute Gasteiger partial charge is 0.165 e. The van der Waals surface area contributed by atoms with Crippen molar-refractivity contribution in [3.05, 3.63) is 28.5 Å². The number of halogens is 3. The van der Waals surface area contributed by atoms with Gasteiger partial charge in [-0.25, -0.2) is 4.39 Å². The molecular formula is C12H15Br2FO. The van der Waals surface area contributed by atoms with E-state index in [1.165, 1.54) is 6.07 Å². The lowest BCUT2D eigenvalue weighted by Gasteiger charge is -2.18. The van der Waals surface area contributed by atoms with Gasteiger partial charge in [0.05, 0.1) is 6.61 Å². The second kappa shape index (κ2) is 6.60. The fourth-order valence-electron chi connectivity index (χ4n) is 1.20. The summed E-state index contributed by atoms with van der Waals surface area (Å²) < 4.78 is 19.7. The van der Waals surface area contributed by atoms with Crippen LogP contribution in [0.1, 0.15) is 13.8 Å². The fraction of sp³-hybridized carbons (Fsp3) is 0.500. The van der Waals surface area contributed by atoms with E-state index < -0.39 is 0 Å². The molecule has 1 atom stereocenters. The van der Waals surface area contributed by atoms with Crippen molar-refractivity contribution in [2.45, 2.75) is 13.8 Å². The average Bonchev–Trinajstić information content (AvgIpc) is 2.23. The highest BCUT2D eigenvalue weighted by atomic mass is 79.9. The van der Waals surface area contributed by atoms with E-state index >= 15 is 0 Å². The molecule has 16 heavy (non-hydrogen) atoms. The van der Waals surface area contributed by atoms with Gasteiger partial charge in [-0.15, -0.1) is 0 Å². The van der Waals surface area contributed by atoms with Crippen LogP contribution in [0.2, 0.25) is 0 Å². The monoisotopic (exact) mass is 352 g/mol. The Kier molecular flexibility index (Phi) is 5.76. The molecule has 0 bridgehead atoms. The molecular weight excluding hydrogens is 339 g/mol. The molecule has 0 spiro atoms. The Hall–Kier alpha value is -0.0900. The summed E-state index contributed by atoms with van der Waals surface area (Å²) in [4.78, 5) is 0. The van der Waals surface area contributed by atoms with E-state index in [9.17, 15) is 4.39 Å². The van der Waals surface area contributed by atoms with Crippen LogP contribution in [0.4, 0.5) is 4.39 Å². The Labute approximate surface area is 113 Å². The van der Waals surface area contributed by atoms with Crippen molar-refractivity contribution in [1.29, 1.82) is 0 Å². The largest absolute Gasteiger partial charge is 0.490 e. The summed E-state index contributed by atoms with van der Waals surface area (Å²) in [7, 11) is 0. The second-order valence-corrected chi connectivity index (χ2v) is 5.61. The Bertz CT molecular complexity index is 342. The molecule has 0 saturated carbocycles. The molecule has 1 nitrogen and oxygen atoms in total. The maximum atomic E-state index is 13.4. The van der Waals surface area contributed by atoms with Crippen LogP contribution in [0, 0.1) is 17.7 Å². The van der Waals surface area contributed by atoms with Crippen molar-refractivity contribution in [3.8, 4) is 5.75 Å². The maximum Gasteiger partial charge on any atom is 0.165 e. The second-order valence-electron chi connectivity index (χ2n) is 4.04. The normalized spacial score (nSPS) is 12.9. The van der Waals surface area contributed by atoms with Crippen molar-refractivity contribution in [2.24, 2.45) is 11.8 Å². The molecule has 1 aromatic carbocycles. The minimum absolute atomic E-state index is 0.306. The molecule has 4 heteroatoms. The van der Waals surface area contributed by atoms with Gasteiger partial charge in [-0.1, -0.05) is 45.7 Å². The Balaban J connectivity index is 2.63. The predicted molar refractivity (Wildman–Crippen MR) is 71.7 cm³/mol. The van der Waals surface area contributed by atoms with Gasteiger partial charge in [0.2, 0.25) is 0 Å². The minimum atomic E-state index is -0.319. The standard InChI is InChI=1S/C12H15Br2FO/c1-8(2)9(6-13)7-16-12-5-10(14)3-4-11(12)15/h3-5,8-9H,6-7H2,1-2H3. The number of benzene rings is 1. The number of ether oxygens (including phenoxy) is 1. The van der Waals surface area contributed by atoms with Crippen molar-refractivity contribution in [3.63, 3.8) is 0 Å². The highest BCUT2D eigenvalue weighted by molar-refractivity contribution is 9.10. The maximum absolute atomic E-state index is 13.4. The number of alkyl halides is 1. The van der Waals surface area contributed by atoms with Gasteiger partial charge in [-0.3, -0.25) is 0 Å². The van der Waals surface area contributed by atoms with Crippen LogP contribution < -0.4 is 4.74 Å². The predicted octanol–water partition coefficient (Wildman–Crippen LogP) is 4.63. The SMILES string of the molecule is CC(C)C(CBr)COc1cc(Br)ccc1F. The van der Waals surface area contributed by atoms with Gasteiger partial charge in [0.25, 0.3) is 0 Å². The molecule has 1 unspecified atom stereocenters. The van der Waals surface area contributed by atoms with Crippen LogP contribution in [0.25, 0.3) is 0 Å². The summed E-state index contributed by atoms with van der Waals surface area (Å²) in [5, 5.41) is 0.861. The first-order valence-corrected chi connectivity index (χ1v) is 7.10. The van der Waals surface area contributed by atoms with E-state index in [1.807, 2.05) is 0 Å². The summed E-state index contributed by atoms with van der Waals surface area (Å²) in [6.45, 7) is 4.79. The quantitative estimate of drug-likeness (QED) is 0.701. The van der Waals surface area contributed by atoms with Crippen molar-refractivity contribution in [2.75, 3.05) is 11.9 Å². The van der Waals surface area contributed by atoms with Crippen molar-refractivity contribution >= 4 is 31.9 Å². The summed E-state index contributed by atoms with van der Waals surface area (Å²) >= 11 is 6.73. The lowest BCUT2D eigenvalue weighted by molar-refractivity contribution is 0.219. The van der Waals surface area contributed by atoms with Crippen LogP contribution in [-0.2, 0) is 0 Å². The molecule has 0 fully saturated rings. The molecule has 90 valence electrons. The summed E-state index contributed by atoms with van der Waals surface area (Å²) in [5.41, 5.74) is 0. The Morgan fingerprint density at radius 3 is 2.62 bits per heavy atom. The first kappa shape index (κ1) is 14.0. The number of hydrogen-bond acceptors (Lipinski definition) is 1. The van der Waals surface area contributed by atoms with Gasteiger partial charge in [0, 0.05) is 15.7 Å². The molecule has 0 aromatic heterocycles.